The van der Waals surface area contributed by atoms with Crippen molar-refractivity contribution in [2.75, 3.05) is 13.7 Å². The summed E-state index contributed by atoms with van der Waals surface area (Å²) >= 11 is 2.99. The molecular weight excluding hydrogens is 380 g/mol. The quantitative estimate of drug-likeness (QED) is 0.552. The van der Waals surface area contributed by atoms with Gasteiger partial charge in [0.1, 0.15) is 9.88 Å². The third-order valence-electron chi connectivity index (χ3n) is 4.08. The maximum atomic E-state index is 13.2. The molecule has 7 heteroatoms. The molecule has 3 rings (SSSR count). The number of nitrogens with zero attached hydrogens (tertiary/aromatic N) is 2. The van der Waals surface area contributed by atoms with E-state index in [1.54, 1.807) is 16.2 Å². The van der Waals surface area contributed by atoms with Gasteiger partial charge in [0.15, 0.2) is 0 Å². The Bertz CT molecular complexity index is 905. The van der Waals surface area contributed by atoms with E-state index in [-0.39, 0.29) is 18.3 Å². The Hall–Kier alpha value is -2.51. The van der Waals surface area contributed by atoms with E-state index in [0.717, 1.165) is 16.1 Å². The van der Waals surface area contributed by atoms with Gasteiger partial charge < -0.3 is 9.64 Å². The van der Waals surface area contributed by atoms with Gasteiger partial charge in [-0.2, -0.15) is 11.3 Å². The van der Waals surface area contributed by atoms with Crippen LogP contribution in [0.5, 0.6) is 0 Å². The van der Waals surface area contributed by atoms with Crippen LogP contribution in [0.3, 0.4) is 0 Å². The summed E-state index contributed by atoms with van der Waals surface area (Å²) in [7, 11) is 1.35. The van der Waals surface area contributed by atoms with Crippen LogP contribution in [-0.2, 0) is 16.1 Å². The van der Waals surface area contributed by atoms with Crippen LogP contribution in [0.1, 0.15) is 27.3 Å². The minimum Gasteiger partial charge on any atom is -0.469 e. The lowest BCUT2D eigenvalue weighted by atomic mass is 10.2. The zero-order valence-corrected chi connectivity index (χ0v) is 16.8. The van der Waals surface area contributed by atoms with E-state index in [1.165, 1.54) is 18.4 Å². The van der Waals surface area contributed by atoms with Crippen LogP contribution in [0.4, 0.5) is 0 Å². The molecular formula is C20H20N2O3S2. The van der Waals surface area contributed by atoms with Crippen LogP contribution in [-0.4, -0.2) is 35.4 Å². The third kappa shape index (κ3) is 4.81. The fraction of sp³-hybridized carbons (Fsp3) is 0.250. The Labute approximate surface area is 166 Å². The summed E-state index contributed by atoms with van der Waals surface area (Å²) in [6.45, 7) is 2.58. The summed E-state index contributed by atoms with van der Waals surface area (Å²) in [5, 5.41) is 4.85. The van der Waals surface area contributed by atoms with Crippen LogP contribution in [0.25, 0.3) is 10.6 Å². The van der Waals surface area contributed by atoms with Crippen molar-refractivity contribution in [2.45, 2.75) is 19.9 Å². The number of esters is 1. The number of thiophene rings is 1. The first-order chi connectivity index (χ1) is 13.1. The molecule has 5 nitrogen and oxygen atoms in total. The molecule has 0 radical (unpaired) electrons. The molecule has 0 N–H and O–H groups in total. The van der Waals surface area contributed by atoms with E-state index < -0.39 is 0 Å². The van der Waals surface area contributed by atoms with Crippen LogP contribution in [0.2, 0.25) is 0 Å². The molecule has 0 aliphatic carbocycles. The Morgan fingerprint density at radius 1 is 1.19 bits per heavy atom. The number of benzene rings is 1. The zero-order valence-electron chi connectivity index (χ0n) is 15.2. The van der Waals surface area contributed by atoms with Crippen molar-refractivity contribution < 1.29 is 14.3 Å². The first-order valence-corrected chi connectivity index (χ1v) is 10.2. The molecule has 0 unspecified atom stereocenters. The van der Waals surface area contributed by atoms with Gasteiger partial charge in [0.2, 0.25) is 0 Å². The maximum Gasteiger partial charge on any atom is 0.307 e. The average molecular weight is 401 g/mol. The van der Waals surface area contributed by atoms with Crippen LogP contribution >= 0.6 is 22.7 Å². The third-order valence-corrected chi connectivity index (χ3v) is 5.95. The summed E-state index contributed by atoms with van der Waals surface area (Å²) in [5.41, 5.74) is 2.74. The topological polar surface area (TPSA) is 59.5 Å². The van der Waals surface area contributed by atoms with Gasteiger partial charge in [0, 0.05) is 24.0 Å². The minimum absolute atomic E-state index is 0.112. The Morgan fingerprint density at radius 2 is 1.96 bits per heavy atom. The van der Waals surface area contributed by atoms with Crippen molar-refractivity contribution in [3.63, 3.8) is 0 Å². The zero-order chi connectivity index (χ0) is 19.2. The largest absolute Gasteiger partial charge is 0.469 e. The van der Waals surface area contributed by atoms with Crippen molar-refractivity contribution >= 4 is 34.6 Å². The summed E-state index contributed by atoms with van der Waals surface area (Å²) in [6.07, 6.45) is 0.157. The molecule has 0 saturated heterocycles. The van der Waals surface area contributed by atoms with Gasteiger partial charge in [-0.3, -0.25) is 9.59 Å². The molecule has 0 aliphatic rings. The number of rotatable bonds is 7. The van der Waals surface area contributed by atoms with Crippen molar-refractivity contribution in [3.05, 3.63) is 63.3 Å². The number of thiazole rings is 1. The fourth-order valence-electron chi connectivity index (χ4n) is 2.63. The Kier molecular flexibility index (Phi) is 6.36. The molecule has 1 aromatic carbocycles. The van der Waals surface area contributed by atoms with Gasteiger partial charge in [0.25, 0.3) is 5.91 Å². The molecule has 2 heterocycles. The van der Waals surface area contributed by atoms with E-state index in [9.17, 15) is 9.59 Å². The second-order valence-electron chi connectivity index (χ2n) is 5.98. The first-order valence-electron chi connectivity index (χ1n) is 8.48. The van der Waals surface area contributed by atoms with E-state index in [0.29, 0.717) is 23.7 Å². The van der Waals surface area contributed by atoms with E-state index in [1.807, 2.05) is 54.1 Å². The fourth-order valence-corrected chi connectivity index (χ4v) is 4.38. The normalized spacial score (nSPS) is 10.6. The number of methoxy groups -OCH3 is 1. The van der Waals surface area contributed by atoms with Gasteiger partial charge in [-0.25, -0.2) is 4.98 Å². The van der Waals surface area contributed by atoms with Gasteiger partial charge in [-0.1, -0.05) is 30.3 Å². The molecule has 3 aromatic rings. The molecule has 0 spiro atoms. The lowest BCUT2D eigenvalue weighted by molar-refractivity contribution is -0.140. The van der Waals surface area contributed by atoms with Crippen molar-refractivity contribution in [2.24, 2.45) is 0 Å². The van der Waals surface area contributed by atoms with E-state index >= 15 is 0 Å². The number of hydrogen-bond donors (Lipinski definition) is 0. The van der Waals surface area contributed by atoms with Gasteiger partial charge in [0.05, 0.1) is 19.2 Å². The second-order valence-corrected chi connectivity index (χ2v) is 7.76. The summed E-state index contributed by atoms with van der Waals surface area (Å²) in [5.74, 6) is -0.444. The lowest BCUT2D eigenvalue weighted by Crippen LogP contribution is -2.32. The van der Waals surface area contributed by atoms with Gasteiger partial charge >= 0.3 is 5.97 Å². The summed E-state index contributed by atoms with van der Waals surface area (Å²) in [4.78, 5) is 31.6. The number of carbonyl (C=O) groups excluding carboxylic acids is 2. The van der Waals surface area contributed by atoms with Crippen LogP contribution in [0, 0.1) is 6.92 Å². The molecule has 27 heavy (non-hydrogen) atoms. The van der Waals surface area contributed by atoms with Gasteiger partial charge in [-0.15, -0.1) is 11.3 Å². The molecule has 0 saturated carbocycles. The molecule has 140 valence electrons. The number of carbonyl (C=O) groups is 2. The monoisotopic (exact) mass is 400 g/mol. The highest BCUT2D eigenvalue weighted by Gasteiger charge is 2.23. The summed E-state index contributed by atoms with van der Waals surface area (Å²) in [6, 6.07) is 11.7. The molecule has 0 atom stereocenters. The van der Waals surface area contributed by atoms with Crippen molar-refractivity contribution in [3.8, 4) is 10.6 Å². The standard InChI is InChI=1S/C20H20N2O3S2/c1-14-18(27-19(21-14)16-9-11-26-13-16)20(24)22(10-8-17(23)25-2)12-15-6-4-3-5-7-15/h3-7,9,11,13H,8,10,12H2,1-2H3. The smallest absolute Gasteiger partial charge is 0.307 e. The number of ether oxygens (including phenoxy) is 1. The minimum atomic E-state index is -0.333. The SMILES string of the molecule is COC(=O)CCN(Cc1ccccc1)C(=O)c1sc(-c2ccsc2)nc1C. The first kappa shape index (κ1) is 19.3. The molecule has 0 fully saturated rings. The van der Waals surface area contributed by atoms with Crippen molar-refractivity contribution in [1.82, 2.24) is 9.88 Å². The molecule has 2 aromatic heterocycles. The highest BCUT2D eigenvalue weighted by molar-refractivity contribution is 7.17. The van der Waals surface area contributed by atoms with Crippen LogP contribution in [0.15, 0.2) is 47.2 Å². The summed E-state index contributed by atoms with van der Waals surface area (Å²) < 4.78 is 4.73. The molecule has 1 amide bonds. The number of aryl methyl sites for hydroxylation is 1. The Balaban J connectivity index is 1.84. The highest BCUT2D eigenvalue weighted by atomic mass is 32.1. The predicted molar refractivity (Wildman–Crippen MR) is 108 cm³/mol. The van der Waals surface area contributed by atoms with Crippen molar-refractivity contribution in [1.29, 1.82) is 0 Å². The predicted octanol–water partition coefficient (Wildman–Crippen LogP) is 4.39. The number of amides is 1. The second kappa shape index (κ2) is 8.92. The van der Waals surface area contributed by atoms with Crippen LogP contribution < -0.4 is 0 Å². The Morgan fingerprint density at radius 3 is 2.63 bits per heavy atom. The average Bonchev–Trinajstić information content (AvgIpc) is 3.34. The highest BCUT2D eigenvalue weighted by Crippen LogP contribution is 2.30. The molecule has 0 aliphatic heterocycles. The van der Waals surface area contributed by atoms with E-state index in [2.05, 4.69) is 4.98 Å². The van der Waals surface area contributed by atoms with Gasteiger partial charge in [-0.05, 0) is 23.9 Å². The maximum absolute atomic E-state index is 13.2. The van der Waals surface area contributed by atoms with E-state index in [4.69, 9.17) is 4.74 Å². The molecule has 0 bridgehead atoms. The lowest BCUT2D eigenvalue weighted by Gasteiger charge is -2.22. The number of hydrogen-bond acceptors (Lipinski definition) is 6. The number of aromatic nitrogens is 1.